The number of hydrogen-bond acceptors (Lipinski definition) is 4. The average Bonchev–Trinajstić information content (AvgIpc) is 2.79. The maximum Gasteiger partial charge on any atom is 0.416 e. The van der Waals surface area contributed by atoms with Crippen LogP contribution in [-0.2, 0) is 6.18 Å². The van der Waals surface area contributed by atoms with Crippen LogP contribution in [0.1, 0.15) is 40.1 Å². The Kier molecular flexibility index (Phi) is 8.08. The Morgan fingerprint density at radius 2 is 1.43 bits per heavy atom. The van der Waals surface area contributed by atoms with E-state index in [0.29, 0.717) is 17.0 Å². The molecule has 0 radical (unpaired) electrons. The molecule has 0 spiro atoms. The lowest BCUT2D eigenvalue weighted by Gasteiger charge is -2.12. The van der Waals surface area contributed by atoms with Crippen LogP contribution >= 0.6 is 12.2 Å². The van der Waals surface area contributed by atoms with Gasteiger partial charge in [0.15, 0.2) is 5.11 Å². The minimum atomic E-state index is -4.51. The monoisotopic (exact) mass is 501 g/mol. The molecule has 10 heteroatoms. The number of hydrogen-bond donors (Lipinski definition) is 3. The van der Waals surface area contributed by atoms with Crippen molar-refractivity contribution in [1.82, 2.24) is 5.32 Å². The van der Waals surface area contributed by atoms with Crippen molar-refractivity contribution >= 4 is 40.5 Å². The summed E-state index contributed by atoms with van der Waals surface area (Å²) in [6.07, 6.45) is -4.49. The number of anilines is 2. The highest BCUT2D eigenvalue weighted by molar-refractivity contribution is 7.80. The molecule has 0 saturated heterocycles. The van der Waals surface area contributed by atoms with Crippen molar-refractivity contribution in [3.63, 3.8) is 0 Å². The van der Waals surface area contributed by atoms with E-state index in [0.717, 1.165) is 12.1 Å². The lowest BCUT2D eigenvalue weighted by molar-refractivity contribution is -0.137. The van der Waals surface area contributed by atoms with E-state index in [9.17, 15) is 22.8 Å². The van der Waals surface area contributed by atoms with Crippen LogP contribution in [-0.4, -0.2) is 23.0 Å². The second-order valence-corrected chi connectivity index (χ2v) is 8.12. The zero-order chi connectivity index (χ0) is 25.6. The summed E-state index contributed by atoms with van der Waals surface area (Å²) in [4.78, 5) is 24.8. The van der Waals surface area contributed by atoms with Gasteiger partial charge in [0.2, 0.25) is 0 Å². The first-order valence-corrected chi connectivity index (χ1v) is 10.9. The van der Waals surface area contributed by atoms with Crippen molar-refractivity contribution in [3.8, 4) is 5.75 Å². The molecule has 6 nitrogen and oxygen atoms in total. The standard InChI is InChI=1S/C25H22F3N3O3S/c1-15(2)34-21-12-8-17(9-13-21)23(33)31-24(35)30-19-10-6-16(7-11-19)22(32)29-20-5-3-4-18(14-20)25(26,27)28/h3-15H,1-2H3,(H,29,32)(H2,30,31,33,35). The molecule has 3 N–H and O–H groups in total. The number of ether oxygens (including phenoxy) is 1. The minimum absolute atomic E-state index is 0.0181. The summed E-state index contributed by atoms with van der Waals surface area (Å²) in [5.41, 5.74) is 0.301. The SMILES string of the molecule is CC(C)Oc1ccc(C(=O)NC(=S)Nc2ccc(C(=O)Nc3cccc(C(F)(F)F)c3)cc2)cc1. The molecule has 0 aliphatic carbocycles. The number of halogens is 3. The van der Waals surface area contributed by atoms with Crippen LogP contribution in [0, 0.1) is 0 Å². The zero-order valence-corrected chi connectivity index (χ0v) is 19.6. The number of amides is 2. The Morgan fingerprint density at radius 3 is 2.03 bits per heavy atom. The molecule has 0 heterocycles. The summed E-state index contributed by atoms with van der Waals surface area (Å²) in [5, 5.41) is 7.89. The van der Waals surface area contributed by atoms with Gasteiger partial charge >= 0.3 is 6.18 Å². The van der Waals surface area contributed by atoms with Gasteiger partial charge in [0.1, 0.15) is 5.75 Å². The molecular formula is C25H22F3N3O3S. The van der Waals surface area contributed by atoms with E-state index in [-0.39, 0.29) is 22.5 Å². The molecule has 0 aliphatic rings. The van der Waals surface area contributed by atoms with Crippen LogP contribution in [0.3, 0.4) is 0 Å². The van der Waals surface area contributed by atoms with Crippen molar-refractivity contribution in [2.45, 2.75) is 26.1 Å². The minimum Gasteiger partial charge on any atom is -0.491 e. The van der Waals surface area contributed by atoms with Crippen LogP contribution < -0.4 is 20.7 Å². The summed E-state index contributed by atoms with van der Waals surface area (Å²) in [5.74, 6) is -0.332. The molecule has 3 aromatic carbocycles. The summed E-state index contributed by atoms with van der Waals surface area (Å²) >= 11 is 5.17. The van der Waals surface area contributed by atoms with Gasteiger partial charge in [0.05, 0.1) is 11.7 Å². The first-order valence-electron chi connectivity index (χ1n) is 10.5. The van der Waals surface area contributed by atoms with E-state index < -0.39 is 23.6 Å². The summed E-state index contributed by atoms with van der Waals surface area (Å²) < 4.78 is 44.1. The van der Waals surface area contributed by atoms with Crippen LogP contribution in [0.5, 0.6) is 5.75 Å². The Bertz CT molecular complexity index is 1210. The highest BCUT2D eigenvalue weighted by Gasteiger charge is 2.30. The summed E-state index contributed by atoms with van der Waals surface area (Å²) in [6, 6.07) is 17.0. The molecule has 0 fully saturated rings. The Labute approximate surface area is 205 Å². The fraction of sp³-hybridized carbons (Fsp3) is 0.160. The van der Waals surface area contributed by atoms with Gasteiger partial charge in [-0.2, -0.15) is 13.2 Å². The first-order chi connectivity index (χ1) is 16.5. The van der Waals surface area contributed by atoms with Crippen LogP contribution in [0.15, 0.2) is 72.8 Å². The zero-order valence-electron chi connectivity index (χ0n) is 18.8. The molecule has 0 bridgehead atoms. The molecule has 3 rings (SSSR count). The van der Waals surface area contributed by atoms with Crippen LogP contribution in [0.25, 0.3) is 0 Å². The fourth-order valence-electron chi connectivity index (χ4n) is 2.98. The van der Waals surface area contributed by atoms with E-state index in [1.54, 1.807) is 36.4 Å². The third-order valence-electron chi connectivity index (χ3n) is 4.57. The van der Waals surface area contributed by atoms with Gasteiger partial charge in [-0.25, -0.2) is 0 Å². The molecule has 0 aromatic heterocycles. The van der Waals surface area contributed by atoms with Crippen LogP contribution in [0.4, 0.5) is 24.5 Å². The number of carbonyl (C=O) groups is 2. The molecule has 0 unspecified atom stereocenters. The topological polar surface area (TPSA) is 79.5 Å². The second kappa shape index (κ2) is 11.0. The van der Waals surface area contributed by atoms with E-state index in [1.807, 2.05) is 13.8 Å². The second-order valence-electron chi connectivity index (χ2n) is 7.71. The lowest BCUT2D eigenvalue weighted by Crippen LogP contribution is -2.34. The van der Waals surface area contributed by atoms with Gasteiger partial charge in [-0.1, -0.05) is 6.07 Å². The van der Waals surface area contributed by atoms with Crippen molar-refractivity contribution in [2.24, 2.45) is 0 Å². The smallest absolute Gasteiger partial charge is 0.416 e. The molecule has 3 aromatic rings. The number of carbonyl (C=O) groups excluding carboxylic acids is 2. The average molecular weight is 502 g/mol. The largest absolute Gasteiger partial charge is 0.491 e. The van der Waals surface area contributed by atoms with E-state index in [4.69, 9.17) is 17.0 Å². The Balaban J connectivity index is 1.55. The van der Waals surface area contributed by atoms with Crippen molar-refractivity contribution in [1.29, 1.82) is 0 Å². The molecule has 0 aliphatic heterocycles. The lowest BCUT2D eigenvalue weighted by atomic mass is 10.1. The third kappa shape index (κ3) is 7.54. The molecule has 2 amide bonds. The predicted molar refractivity (Wildman–Crippen MR) is 132 cm³/mol. The number of alkyl halides is 3. The van der Waals surface area contributed by atoms with Gasteiger partial charge < -0.3 is 15.4 Å². The number of benzene rings is 3. The van der Waals surface area contributed by atoms with Gasteiger partial charge in [-0.3, -0.25) is 14.9 Å². The van der Waals surface area contributed by atoms with Crippen LogP contribution in [0.2, 0.25) is 0 Å². The van der Waals surface area contributed by atoms with E-state index >= 15 is 0 Å². The highest BCUT2D eigenvalue weighted by Crippen LogP contribution is 2.30. The number of thiocarbonyl (C=S) groups is 1. The first kappa shape index (κ1) is 25.7. The summed E-state index contributed by atoms with van der Waals surface area (Å²) in [6.45, 7) is 3.81. The van der Waals surface area contributed by atoms with E-state index in [1.165, 1.54) is 24.3 Å². The van der Waals surface area contributed by atoms with E-state index in [2.05, 4.69) is 16.0 Å². The van der Waals surface area contributed by atoms with Crippen molar-refractivity contribution < 1.29 is 27.5 Å². The maximum absolute atomic E-state index is 12.8. The maximum atomic E-state index is 12.8. The van der Waals surface area contributed by atoms with Gasteiger partial charge in [0, 0.05) is 22.5 Å². The number of rotatable bonds is 6. The normalized spacial score (nSPS) is 11.0. The molecule has 35 heavy (non-hydrogen) atoms. The predicted octanol–water partition coefficient (Wildman–Crippen LogP) is 5.87. The molecule has 182 valence electrons. The van der Waals surface area contributed by atoms with Gasteiger partial charge in [-0.15, -0.1) is 0 Å². The van der Waals surface area contributed by atoms with Gasteiger partial charge in [0.25, 0.3) is 11.8 Å². The quantitative estimate of drug-likeness (QED) is 0.368. The third-order valence-corrected chi connectivity index (χ3v) is 4.77. The Morgan fingerprint density at radius 1 is 0.829 bits per heavy atom. The molecule has 0 saturated carbocycles. The number of nitrogens with one attached hydrogen (secondary N) is 3. The Hall–Kier alpha value is -3.92. The summed E-state index contributed by atoms with van der Waals surface area (Å²) in [7, 11) is 0. The molecular weight excluding hydrogens is 479 g/mol. The van der Waals surface area contributed by atoms with Gasteiger partial charge in [-0.05, 0) is 92.8 Å². The molecule has 0 atom stereocenters. The fourth-order valence-corrected chi connectivity index (χ4v) is 3.19. The highest BCUT2D eigenvalue weighted by atomic mass is 32.1. The van der Waals surface area contributed by atoms with Crippen molar-refractivity contribution in [3.05, 3.63) is 89.5 Å². The van der Waals surface area contributed by atoms with Crippen molar-refractivity contribution in [2.75, 3.05) is 10.6 Å².